The second kappa shape index (κ2) is 5.00. The van der Waals surface area contributed by atoms with E-state index in [0.717, 1.165) is 4.47 Å². The highest BCUT2D eigenvalue weighted by molar-refractivity contribution is 9.10. The van der Waals surface area contributed by atoms with E-state index in [1.807, 2.05) is 0 Å². The topological polar surface area (TPSA) is 47.0 Å². The Labute approximate surface area is 125 Å². The second-order valence-corrected chi connectivity index (χ2v) is 7.12. The summed E-state index contributed by atoms with van der Waals surface area (Å²) < 4.78 is 26.3. The summed E-state index contributed by atoms with van der Waals surface area (Å²) in [6.45, 7) is 0. The summed E-state index contributed by atoms with van der Waals surface area (Å²) in [5, 5.41) is 0.637. The standard InChI is InChI=1S/C15H10BrNO2S/c16-11-6-8-12(9-7-11)20(18,19)15-5-1-4-14-13(15)3-2-10-17-14/h1-10H. The zero-order valence-corrected chi connectivity index (χ0v) is 12.7. The first-order valence-electron chi connectivity index (χ1n) is 5.93. The fraction of sp³-hybridized carbons (Fsp3) is 0. The molecule has 0 spiro atoms. The number of pyridine rings is 1. The lowest BCUT2D eigenvalue weighted by Crippen LogP contribution is -2.02. The molecule has 5 heteroatoms. The molecule has 1 aromatic heterocycles. The molecule has 0 aliphatic heterocycles. The average Bonchev–Trinajstić information content (AvgIpc) is 2.47. The van der Waals surface area contributed by atoms with Gasteiger partial charge in [-0.25, -0.2) is 8.42 Å². The van der Waals surface area contributed by atoms with Gasteiger partial charge in [-0.05, 0) is 48.5 Å². The number of aromatic nitrogens is 1. The highest BCUT2D eigenvalue weighted by Crippen LogP contribution is 2.27. The van der Waals surface area contributed by atoms with Crippen LogP contribution in [0.25, 0.3) is 10.9 Å². The molecule has 0 aliphatic carbocycles. The Bertz CT molecular complexity index is 869. The van der Waals surface area contributed by atoms with E-state index in [2.05, 4.69) is 20.9 Å². The van der Waals surface area contributed by atoms with Crippen LogP contribution >= 0.6 is 15.9 Å². The molecule has 100 valence electrons. The molecule has 0 aliphatic rings. The molecule has 0 amide bonds. The zero-order valence-electron chi connectivity index (χ0n) is 10.3. The van der Waals surface area contributed by atoms with Crippen LogP contribution in [0.2, 0.25) is 0 Å². The lowest BCUT2D eigenvalue weighted by Gasteiger charge is -2.07. The predicted molar refractivity (Wildman–Crippen MR) is 81.3 cm³/mol. The van der Waals surface area contributed by atoms with Crippen LogP contribution in [-0.4, -0.2) is 13.4 Å². The van der Waals surface area contributed by atoms with Crippen molar-refractivity contribution in [2.75, 3.05) is 0 Å². The Morgan fingerprint density at radius 2 is 1.65 bits per heavy atom. The van der Waals surface area contributed by atoms with Crippen LogP contribution in [0.1, 0.15) is 0 Å². The van der Waals surface area contributed by atoms with E-state index in [9.17, 15) is 8.42 Å². The predicted octanol–water partition coefficient (Wildman–Crippen LogP) is 3.83. The van der Waals surface area contributed by atoms with Gasteiger partial charge in [-0.15, -0.1) is 0 Å². The molecular weight excluding hydrogens is 338 g/mol. The molecule has 2 aromatic carbocycles. The molecule has 3 rings (SSSR count). The quantitative estimate of drug-likeness (QED) is 0.707. The highest BCUT2D eigenvalue weighted by Gasteiger charge is 2.20. The van der Waals surface area contributed by atoms with Crippen LogP contribution in [0.15, 0.2) is 75.1 Å². The maximum atomic E-state index is 12.7. The van der Waals surface area contributed by atoms with Gasteiger partial charge in [-0.1, -0.05) is 22.0 Å². The fourth-order valence-electron chi connectivity index (χ4n) is 2.05. The molecule has 0 N–H and O–H groups in total. The summed E-state index contributed by atoms with van der Waals surface area (Å²) in [5.74, 6) is 0. The van der Waals surface area contributed by atoms with E-state index in [-0.39, 0.29) is 9.79 Å². The fourth-order valence-corrected chi connectivity index (χ4v) is 3.78. The maximum absolute atomic E-state index is 12.7. The summed E-state index contributed by atoms with van der Waals surface area (Å²) in [6, 6.07) is 15.3. The molecule has 0 fully saturated rings. The number of hydrogen-bond acceptors (Lipinski definition) is 3. The van der Waals surface area contributed by atoms with E-state index < -0.39 is 9.84 Å². The van der Waals surface area contributed by atoms with Crippen molar-refractivity contribution in [1.82, 2.24) is 4.98 Å². The minimum absolute atomic E-state index is 0.275. The van der Waals surface area contributed by atoms with Gasteiger partial charge in [-0.3, -0.25) is 4.98 Å². The van der Waals surface area contributed by atoms with Crippen molar-refractivity contribution in [2.24, 2.45) is 0 Å². The third kappa shape index (κ3) is 2.23. The lowest BCUT2D eigenvalue weighted by atomic mass is 10.2. The Morgan fingerprint density at radius 3 is 2.40 bits per heavy atom. The SMILES string of the molecule is O=S(=O)(c1ccc(Br)cc1)c1cccc2ncccc12. The summed E-state index contributed by atoms with van der Waals surface area (Å²) in [5.41, 5.74) is 0.672. The first-order chi connectivity index (χ1) is 9.59. The van der Waals surface area contributed by atoms with Crippen LogP contribution in [0, 0.1) is 0 Å². The third-order valence-corrected chi connectivity index (χ3v) is 5.38. The van der Waals surface area contributed by atoms with Gasteiger partial charge < -0.3 is 0 Å². The lowest BCUT2D eigenvalue weighted by molar-refractivity contribution is 0.597. The van der Waals surface area contributed by atoms with Gasteiger partial charge in [0, 0.05) is 16.1 Å². The van der Waals surface area contributed by atoms with Crippen LogP contribution in [0.4, 0.5) is 0 Å². The largest absolute Gasteiger partial charge is 0.256 e. The second-order valence-electron chi connectivity index (χ2n) is 4.28. The maximum Gasteiger partial charge on any atom is 0.207 e. The van der Waals surface area contributed by atoms with E-state index in [0.29, 0.717) is 10.9 Å². The van der Waals surface area contributed by atoms with Crippen LogP contribution in [0.5, 0.6) is 0 Å². The average molecular weight is 348 g/mol. The summed E-state index contributed by atoms with van der Waals surface area (Å²) in [6.07, 6.45) is 1.65. The number of rotatable bonds is 2. The minimum Gasteiger partial charge on any atom is -0.256 e. The van der Waals surface area contributed by atoms with Gasteiger partial charge in [0.05, 0.1) is 15.3 Å². The van der Waals surface area contributed by atoms with E-state index in [1.165, 1.54) is 0 Å². The number of nitrogens with zero attached hydrogens (tertiary/aromatic N) is 1. The molecule has 0 saturated carbocycles. The van der Waals surface area contributed by atoms with Gasteiger partial charge in [0.25, 0.3) is 0 Å². The van der Waals surface area contributed by atoms with Crippen molar-refractivity contribution in [3.8, 4) is 0 Å². The molecule has 3 nitrogen and oxygen atoms in total. The summed E-state index contributed by atoms with van der Waals surface area (Å²) in [7, 11) is -3.54. The zero-order chi connectivity index (χ0) is 14.2. The highest BCUT2D eigenvalue weighted by atomic mass is 79.9. The Morgan fingerprint density at radius 1 is 0.900 bits per heavy atom. The Hall–Kier alpha value is -1.72. The van der Waals surface area contributed by atoms with Gasteiger partial charge in [0.1, 0.15) is 0 Å². The molecule has 20 heavy (non-hydrogen) atoms. The molecule has 3 aromatic rings. The van der Waals surface area contributed by atoms with Crippen LogP contribution in [-0.2, 0) is 9.84 Å². The number of benzene rings is 2. The number of halogens is 1. The Balaban J connectivity index is 2.27. The molecule has 1 heterocycles. The van der Waals surface area contributed by atoms with E-state index in [1.54, 1.807) is 60.8 Å². The number of hydrogen-bond donors (Lipinski definition) is 0. The van der Waals surface area contributed by atoms with Crippen molar-refractivity contribution in [3.05, 3.63) is 65.3 Å². The summed E-state index contributed by atoms with van der Waals surface area (Å²) >= 11 is 3.30. The first kappa shape index (κ1) is 13.3. The molecule has 0 saturated heterocycles. The monoisotopic (exact) mass is 347 g/mol. The number of sulfone groups is 1. The van der Waals surface area contributed by atoms with E-state index >= 15 is 0 Å². The van der Waals surface area contributed by atoms with Crippen molar-refractivity contribution in [2.45, 2.75) is 9.79 Å². The van der Waals surface area contributed by atoms with Crippen molar-refractivity contribution >= 4 is 36.7 Å². The van der Waals surface area contributed by atoms with Crippen LogP contribution < -0.4 is 0 Å². The smallest absolute Gasteiger partial charge is 0.207 e. The van der Waals surface area contributed by atoms with Gasteiger partial charge in [0.15, 0.2) is 0 Å². The van der Waals surface area contributed by atoms with Gasteiger partial charge in [0.2, 0.25) is 9.84 Å². The minimum atomic E-state index is -3.54. The molecule has 0 radical (unpaired) electrons. The van der Waals surface area contributed by atoms with Gasteiger partial charge >= 0.3 is 0 Å². The normalized spacial score (nSPS) is 11.7. The third-order valence-electron chi connectivity index (χ3n) is 3.02. The van der Waals surface area contributed by atoms with Crippen molar-refractivity contribution in [1.29, 1.82) is 0 Å². The summed E-state index contributed by atoms with van der Waals surface area (Å²) in [4.78, 5) is 4.75. The van der Waals surface area contributed by atoms with Crippen molar-refractivity contribution < 1.29 is 8.42 Å². The molecule has 0 unspecified atom stereocenters. The van der Waals surface area contributed by atoms with Crippen molar-refractivity contribution in [3.63, 3.8) is 0 Å². The van der Waals surface area contributed by atoms with Gasteiger partial charge in [-0.2, -0.15) is 0 Å². The Kier molecular flexibility index (Phi) is 3.31. The first-order valence-corrected chi connectivity index (χ1v) is 8.21. The van der Waals surface area contributed by atoms with E-state index in [4.69, 9.17) is 0 Å². The molecule has 0 bridgehead atoms. The molecule has 0 atom stereocenters. The van der Waals surface area contributed by atoms with Crippen LogP contribution in [0.3, 0.4) is 0 Å². The molecular formula is C15H10BrNO2S. The number of fused-ring (bicyclic) bond motifs is 1.